The highest BCUT2D eigenvalue weighted by Gasteiger charge is 2.24. The third-order valence-electron chi connectivity index (χ3n) is 3.54. The number of anilines is 1. The number of carbonyl (C=O) groups is 2. The van der Waals surface area contributed by atoms with Gasteiger partial charge in [0, 0.05) is 31.0 Å². The summed E-state index contributed by atoms with van der Waals surface area (Å²) in [5.74, 6) is -0.196. The minimum Gasteiger partial charge on any atom is -0.355 e. The largest absolute Gasteiger partial charge is 0.355 e. The van der Waals surface area contributed by atoms with Crippen molar-refractivity contribution in [2.45, 2.75) is 12.8 Å². The molecule has 1 aromatic heterocycles. The van der Waals surface area contributed by atoms with Crippen molar-refractivity contribution in [1.29, 1.82) is 0 Å². The van der Waals surface area contributed by atoms with Gasteiger partial charge in [-0.25, -0.2) is 4.68 Å². The molecule has 21 heavy (non-hydrogen) atoms. The van der Waals surface area contributed by atoms with Crippen LogP contribution >= 0.6 is 0 Å². The summed E-state index contributed by atoms with van der Waals surface area (Å²) in [6.45, 7) is 0.413. The van der Waals surface area contributed by atoms with Crippen molar-refractivity contribution in [2.75, 3.05) is 11.9 Å². The fourth-order valence-electron chi connectivity index (χ4n) is 2.32. The molecule has 2 amide bonds. The summed E-state index contributed by atoms with van der Waals surface area (Å²) in [5.41, 5.74) is 1.68. The van der Waals surface area contributed by atoms with Gasteiger partial charge in [0.2, 0.25) is 11.8 Å². The molecule has 0 spiro atoms. The Bertz CT molecular complexity index is 624. The number of rotatable bonds is 3. The Labute approximate surface area is 122 Å². The van der Waals surface area contributed by atoms with Gasteiger partial charge in [0.1, 0.15) is 0 Å². The second-order valence-electron chi connectivity index (χ2n) is 5.03. The van der Waals surface area contributed by atoms with Crippen molar-refractivity contribution in [2.24, 2.45) is 5.92 Å². The van der Waals surface area contributed by atoms with Crippen LogP contribution in [0, 0.1) is 5.92 Å². The molecule has 2 N–H and O–H groups in total. The molecule has 1 aliphatic heterocycles. The van der Waals surface area contributed by atoms with Crippen LogP contribution in [0.5, 0.6) is 0 Å². The van der Waals surface area contributed by atoms with Gasteiger partial charge in [0.05, 0.1) is 11.6 Å². The molecule has 108 valence electrons. The van der Waals surface area contributed by atoms with Crippen molar-refractivity contribution >= 4 is 17.5 Å². The maximum atomic E-state index is 12.1. The smallest absolute Gasteiger partial charge is 0.229 e. The summed E-state index contributed by atoms with van der Waals surface area (Å²) in [7, 11) is 0. The molecule has 2 heterocycles. The first-order valence-corrected chi connectivity index (χ1v) is 6.90. The standard InChI is InChI=1S/C15H16N4O2/c20-14-7-2-11(10-16-14)15(21)18-12-3-5-13(6-4-12)19-9-1-8-17-19/h1,3-6,8-9,11H,2,7,10H2,(H,16,20)(H,18,21). The summed E-state index contributed by atoms with van der Waals surface area (Å²) < 4.78 is 1.75. The van der Waals surface area contributed by atoms with E-state index in [2.05, 4.69) is 15.7 Å². The predicted octanol–water partition coefficient (Wildman–Crippen LogP) is 1.34. The highest BCUT2D eigenvalue weighted by Crippen LogP contribution is 2.16. The molecular weight excluding hydrogens is 268 g/mol. The van der Waals surface area contributed by atoms with Gasteiger partial charge in [-0.1, -0.05) is 0 Å². The summed E-state index contributed by atoms with van der Waals surface area (Å²) >= 11 is 0. The van der Waals surface area contributed by atoms with Crippen molar-refractivity contribution in [3.8, 4) is 5.69 Å². The van der Waals surface area contributed by atoms with Crippen LogP contribution in [-0.4, -0.2) is 28.1 Å². The number of nitrogens with one attached hydrogen (secondary N) is 2. The van der Waals surface area contributed by atoms with Crippen LogP contribution in [0.25, 0.3) is 5.69 Å². The van der Waals surface area contributed by atoms with Gasteiger partial charge in [0.25, 0.3) is 0 Å². The quantitative estimate of drug-likeness (QED) is 0.893. The van der Waals surface area contributed by atoms with Crippen LogP contribution in [0.15, 0.2) is 42.7 Å². The van der Waals surface area contributed by atoms with E-state index in [9.17, 15) is 9.59 Å². The maximum Gasteiger partial charge on any atom is 0.229 e. The van der Waals surface area contributed by atoms with Gasteiger partial charge < -0.3 is 10.6 Å². The summed E-state index contributed by atoms with van der Waals surface area (Å²) in [4.78, 5) is 23.2. The molecule has 1 atom stereocenters. The van der Waals surface area contributed by atoms with E-state index in [0.29, 0.717) is 19.4 Å². The fourth-order valence-corrected chi connectivity index (χ4v) is 2.32. The van der Waals surface area contributed by atoms with E-state index in [4.69, 9.17) is 0 Å². The maximum absolute atomic E-state index is 12.1. The molecule has 1 saturated heterocycles. The molecule has 0 bridgehead atoms. The molecule has 2 aromatic rings. The Morgan fingerprint density at radius 1 is 1.33 bits per heavy atom. The molecule has 6 nitrogen and oxygen atoms in total. The predicted molar refractivity (Wildman–Crippen MR) is 77.9 cm³/mol. The molecule has 6 heteroatoms. The van der Waals surface area contributed by atoms with Crippen molar-refractivity contribution in [3.05, 3.63) is 42.7 Å². The Balaban J connectivity index is 1.62. The van der Waals surface area contributed by atoms with E-state index in [1.54, 1.807) is 10.9 Å². The lowest BCUT2D eigenvalue weighted by Gasteiger charge is -2.21. The minimum atomic E-state index is -0.159. The van der Waals surface area contributed by atoms with E-state index in [-0.39, 0.29) is 17.7 Å². The molecule has 0 saturated carbocycles. The molecular formula is C15H16N4O2. The first-order chi connectivity index (χ1) is 10.2. The first kappa shape index (κ1) is 13.4. The molecule has 3 rings (SSSR count). The number of hydrogen-bond acceptors (Lipinski definition) is 3. The van der Waals surface area contributed by atoms with Gasteiger partial charge in [-0.2, -0.15) is 5.10 Å². The number of benzene rings is 1. The van der Waals surface area contributed by atoms with Crippen molar-refractivity contribution in [3.63, 3.8) is 0 Å². The molecule has 1 fully saturated rings. The summed E-state index contributed by atoms with van der Waals surface area (Å²) in [6, 6.07) is 9.33. The van der Waals surface area contributed by atoms with E-state index in [1.807, 2.05) is 36.5 Å². The van der Waals surface area contributed by atoms with Gasteiger partial charge >= 0.3 is 0 Å². The van der Waals surface area contributed by atoms with Gasteiger partial charge in [-0.05, 0) is 36.8 Å². The molecule has 0 aliphatic carbocycles. The summed E-state index contributed by atoms with van der Waals surface area (Å²) in [6.07, 6.45) is 4.59. The normalized spacial score (nSPS) is 18.1. The molecule has 1 unspecified atom stereocenters. The number of aromatic nitrogens is 2. The lowest BCUT2D eigenvalue weighted by molar-refractivity contribution is -0.126. The second-order valence-corrected chi connectivity index (χ2v) is 5.03. The van der Waals surface area contributed by atoms with E-state index >= 15 is 0 Å². The first-order valence-electron chi connectivity index (χ1n) is 6.90. The van der Waals surface area contributed by atoms with Crippen LogP contribution in [0.1, 0.15) is 12.8 Å². The fraction of sp³-hybridized carbons (Fsp3) is 0.267. The SMILES string of the molecule is O=C1CCC(C(=O)Nc2ccc(-n3cccn3)cc2)CN1. The molecule has 1 aliphatic rings. The number of piperidine rings is 1. The van der Waals surface area contributed by atoms with Gasteiger partial charge in [-0.3, -0.25) is 9.59 Å². The lowest BCUT2D eigenvalue weighted by Crippen LogP contribution is -2.40. The number of amides is 2. The zero-order chi connectivity index (χ0) is 14.7. The van der Waals surface area contributed by atoms with E-state index < -0.39 is 0 Å². The minimum absolute atomic E-state index is 0.0163. The zero-order valence-electron chi connectivity index (χ0n) is 11.5. The van der Waals surface area contributed by atoms with Crippen LogP contribution in [0.3, 0.4) is 0 Å². The van der Waals surface area contributed by atoms with Gasteiger partial charge in [-0.15, -0.1) is 0 Å². The van der Waals surface area contributed by atoms with Crippen LogP contribution < -0.4 is 10.6 Å². The van der Waals surface area contributed by atoms with E-state index in [1.165, 1.54) is 0 Å². The third kappa shape index (κ3) is 3.10. The highest BCUT2D eigenvalue weighted by atomic mass is 16.2. The number of hydrogen-bond donors (Lipinski definition) is 2. The average molecular weight is 284 g/mol. The van der Waals surface area contributed by atoms with Gasteiger partial charge in [0.15, 0.2) is 0 Å². The van der Waals surface area contributed by atoms with Crippen LogP contribution in [0.2, 0.25) is 0 Å². The Kier molecular flexibility index (Phi) is 3.68. The Hall–Kier alpha value is -2.63. The second kappa shape index (κ2) is 5.78. The monoisotopic (exact) mass is 284 g/mol. The number of nitrogens with zero attached hydrogens (tertiary/aromatic N) is 2. The summed E-state index contributed by atoms with van der Waals surface area (Å²) in [5, 5.41) is 9.74. The topological polar surface area (TPSA) is 76.0 Å². The zero-order valence-corrected chi connectivity index (χ0v) is 11.5. The molecule has 0 radical (unpaired) electrons. The van der Waals surface area contributed by atoms with Crippen molar-refractivity contribution in [1.82, 2.24) is 15.1 Å². The lowest BCUT2D eigenvalue weighted by atomic mass is 9.98. The third-order valence-corrected chi connectivity index (χ3v) is 3.54. The van der Waals surface area contributed by atoms with E-state index in [0.717, 1.165) is 11.4 Å². The van der Waals surface area contributed by atoms with Crippen LogP contribution in [0.4, 0.5) is 5.69 Å². The average Bonchev–Trinajstić information content (AvgIpc) is 3.03. The number of carbonyl (C=O) groups excluding carboxylic acids is 2. The van der Waals surface area contributed by atoms with Crippen LogP contribution in [-0.2, 0) is 9.59 Å². The highest BCUT2D eigenvalue weighted by molar-refractivity contribution is 5.94. The Morgan fingerprint density at radius 3 is 2.76 bits per heavy atom. The molecule has 1 aromatic carbocycles. The van der Waals surface area contributed by atoms with Crippen molar-refractivity contribution < 1.29 is 9.59 Å². The Morgan fingerprint density at radius 2 is 2.14 bits per heavy atom.